The minimum atomic E-state index is 0.405. The number of quaternary nitrogens is 1. The van der Waals surface area contributed by atoms with Gasteiger partial charge in [0.05, 0.1) is 25.2 Å². The summed E-state index contributed by atoms with van der Waals surface area (Å²) in [5.41, 5.74) is 0.405. The summed E-state index contributed by atoms with van der Waals surface area (Å²) in [5, 5.41) is 0. The van der Waals surface area contributed by atoms with Gasteiger partial charge in [-0.25, -0.2) is 4.90 Å². The molecule has 0 radical (unpaired) electrons. The molecular formula is C12H27N2+. The summed E-state index contributed by atoms with van der Waals surface area (Å²) in [6, 6.07) is 0. The highest BCUT2D eigenvalue weighted by atomic mass is 15.5. The molecule has 2 nitrogen and oxygen atoms in total. The van der Waals surface area contributed by atoms with E-state index in [2.05, 4.69) is 39.5 Å². The quantitative estimate of drug-likeness (QED) is 0.628. The number of likely N-dealkylation sites (N-methyl/N-ethyl adjacent to an activating group) is 1. The lowest BCUT2D eigenvalue weighted by atomic mass is 10.0. The van der Waals surface area contributed by atoms with Crippen molar-refractivity contribution in [2.75, 3.05) is 32.8 Å². The molecule has 0 aromatic heterocycles. The number of hydrogen-bond acceptors (Lipinski definition) is 1. The van der Waals surface area contributed by atoms with Gasteiger partial charge in [-0.1, -0.05) is 6.92 Å². The van der Waals surface area contributed by atoms with Gasteiger partial charge in [-0.05, 0) is 34.1 Å². The van der Waals surface area contributed by atoms with Crippen LogP contribution in [0.1, 0.15) is 41.0 Å². The molecule has 1 heterocycles. The Morgan fingerprint density at radius 2 is 1.71 bits per heavy atom. The molecule has 0 unspecified atom stereocenters. The summed E-state index contributed by atoms with van der Waals surface area (Å²) in [4.78, 5) is 2.67. The molecule has 0 saturated carbocycles. The fourth-order valence-electron chi connectivity index (χ4n) is 2.81. The Morgan fingerprint density at radius 1 is 1.14 bits per heavy atom. The van der Waals surface area contributed by atoms with E-state index >= 15 is 0 Å². The van der Waals surface area contributed by atoms with E-state index in [1.54, 1.807) is 0 Å². The van der Waals surface area contributed by atoms with Gasteiger partial charge in [-0.15, -0.1) is 0 Å². The maximum Gasteiger partial charge on any atom is 0.135 e. The first kappa shape index (κ1) is 12.0. The first-order valence-corrected chi connectivity index (χ1v) is 6.10. The van der Waals surface area contributed by atoms with Gasteiger partial charge >= 0.3 is 0 Å². The van der Waals surface area contributed by atoms with Crippen LogP contribution >= 0.6 is 0 Å². The molecule has 1 fully saturated rings. The lowest BCUT2D eigenvalue weighted by molar-refractivity contribution is -0.918. The Morgan fingerprint density at radius 3 is 2.07 bits per heavy atom. The fourth-order valence-corrected chi connectivity index (χ4v) is 2.81. The first-order valence-electron chi connectivity index (χ1n) is 6.10. The summed E-state index contributed by atoms with van der Waals surface area (Å²) in [5.74, 6) is 0. The smallest absolute Gasteiger partial charge is 0.135 e. The van der Waals surface area contributed by atoms with Crippen molar-refractivity contribution < 1.29 is 4.48 Å². The molecule has 0 aromatic rings. The second kappa shape index (κ2) is 4.19. The van der Waals surface area contributed by atoms with Gasteiger partial charge < -0.3 is 4.48 Å². The monoisotopic (exact) mass is 199 g/mol. The lowest BCUT2D eigenvalue weighted by Crippen LogP contribution is -2.47. The Kier molecular flexibility index (Phi) is 3.59. The third-order valence-corrected chi connectivity index (χ3v) is 3.88. The Hall–Kier alpha value is -0.0800. The van der Waals surface area contributed by atoms with E-state index in [1.165, 1.54) is 43.8 Å². The number of hydrogen-bond donors (Lipinski definition) is 0. The predicted octanol–water partition coefficient (Wildman–Crippen LogP) is 2.30. The van der Waals surface area contributed by atoms with Crippen molar-refractivity contribution >= 4 is 0 Å². The first-order chi connectivity index (χ1) is 6.49. The van der Waals surface area contributed by atoms with E-state index in [0.29, 0.717) is 5.54 Å². The molecule has 1 rings (SSSR count). The van der Waals surface area contributed by atoms with Gasteiger partial charge in [0.2, 0.25) is 0 Å². The highest BCUT2D eigenvalue weighted by Crippen LogP contribution is 2.29. The Bertz CT molecular complexity index is 183. The fraction of sp³-hybridized carbons (Fsp3) is 1.00. The van der Waals surface area contributed by atoms with Gasteiger partial charge in [0.1, 0.15) is 6.67 Å². The van der Waals surface area contributed by atoms with Crippen LogP contribution in [0, 0.1) is 0 Å². The molecule has 2 heteroatoms. The molecule has 1 saturated heterocycles. The second-order valence-electron chi connectivity index (χ2n) is 5.35. The molecule has 0 aliphatic carbocycles. The highest BCUT2D eigenvalue weighted by Gasteiger charge is 2.46. The SMILES string of the molecule is CCCN1C[N+](CC)(CC)CC1(C)C. The zero-order valence-corrected chi connectivity index (χ0v) is 10.6. The van der Waals surface area contributed by atoms with E-state index < -0.39 is 0 Å². The van der Waals surface area contributed by atoms with Gasteiger partial charge in [0, 0.05) is 6.54 Å². The summed E-state index contributed by atoms with van der Waals surface area (Å²) < 4.78 is 1.28. The van der Waals surface area contributed by atoms with Gasteiger partial charge in [-0.2, -0.15) is 0 Å². The zero-order valence-electron chi connectivity index (χ0n) is 10.6. The normalized spacial score (nSPS) is 25.5. The van der Waals surface area contributed by atoms with E-state index in [4.69, 9.17) is 0 Å². The number of nitrogens with zero attached hydrogens (tertiary/aromatic N) is 2. The van der Waals surface area contributed by atoms with Crippen LogP contribution in [-0.2, 0) is 0 Å². The highest BCUT2D eigenvalue weighted by molar-refractivity contribution is 4.84. The lowest BCUT2D eigenvalue weighted by Gasteiger charge is -2.31. The molecule has 0 bridgehead atoms. The topological polar surface area (TPSA) is 3.24 Å². The molecule has 1 aliphatic heterocycles. The predicted molar refractivity (Wildman–Crippen MR) is 62.2 cm³/mol. The molecular weight excluding hydrogens is 172 g/mol. The van der Waals surface area contributed by atoms with Crippen LogP contribution in [0.2, 0.25) is 0 Å². The zero-order chi connectivity index (χ0) is 10.8. The van der Waals surface area contributed by atoms with Crippen LogP contribution in [0.4, 0.5) is 0 Å². The van der Waals surface area contributed by atoms with Crippen molar-refractivity contribution in [3.05, 3.63) is 0 Å². The molecule has 84 valence electrons. The molecule has 0 spiro atoms. The van der Waals surface area contributed by atoms with Gasteiger partial charge in [0.25, 0.3) is 0 Å². The molecule has 0 aromatic carbocycles. The van der Waals surface area contributed by atoms with Crippen LogP contribution in [0.5, 0.6) is 0 Å². The Labute approximate surface area is 89.5 Å². The maximum absolute atomic E-state index is 2.67. The van der Waals surface area contributed by atoms with Crippen LogP contribution in [0.3, 0.4) is 0 Å². The van der Waals surface area contributed by atoms with Gasteiger partial charge in [-0.3, -0.25) is 0 Å². The summed E-state index contributed by atoms with van der Waals surface area (Å²) in [6.07, 6.45) is 1.27. The maximum atomic E-state index is 2.67. The average Bonchev–Trinajstić information content (AvgIpc) is 2.40. The second-order valence-corrected chi connectivity index (χ2v) is 5.35. The van der Waals surface area contributed by atoms with Crippen LogP contribution in [-0.4, -0.2) is 47.8 Å². The molecule has 0 amide bonds. The summed E-state index contributed by atoms with van der Waals surface area (Å²) >= 11 is 0. The Balaban J connectivity index is 2.73. The average molecular weight is 199 g/mol. The van der Waals surface area contributed by atoms with Crippen molar-refractivity contribution in [3.8, 4) is 0 Å². The largest absolute Gasteiger partial charge is 0.310 e. The standard InChI is InChI=1S/C12H27N2/c1-6-9-13-11-14(7-2,8-3)10-12(13,4)5/h6-11H2,1-5H3/q+1. The van der Waals surface area contributed by atoms with Crippen molar-refractivity contribution in [2.45, 2.75) is 46.6 Å². The third kappa shape index (κ3) is 2.12. The molecule has 0 atom stereocenters. The van der Waals surface area contributed by atoms with E-state index in [-0.39, 0.29) is 0 Å². The minimum Gasteiger partial charge on any atom is -0.310 e. The summed E-state index contributed by atoms with van der Waals surface area (Å²) in [6.45, 7) is 18.1. The van der Waals surface area contributed by atoms with Crippen molar-refractivity contribution in [2.24, 2.45) is 0 Å². The van der Waals surface area contributed by atoms with Crippen LogP contribution < -0.4 is 0 Å². The molecule has 14 heavy (non-hydrogen) atoms. The van der Waals surface area contributed by atoms with Crippen molar-refractivity contribution in [3.63, 3.8) is 0 Å². The van der Waals surface area contributed by atoms with Crippen molar-refractivity contribution in [1.82, 2.24) is 4.90 Å². The number of rotatable bonds is 4. The van der Waals surface area contributed by atoms with Crippen LogP contribution in [0.25, 0.3) is 0 Å². The summed E-state index contributed by atoms with van der Waals surface area (Å²) in [7, 11) is 0. The van der Waals surface area contributed by atoms with Crippen molar-refractivity contribution in [1.29, 1.82) is 0 Å². The van der Waals surface area contributed by atoms with Gasteiger partial charge in [0.15, 0.2) is 0 Å². The molecule has 0 N–H and O–H groups in total. The molecule has 1 aliphatic rings. The van der Waals surface area contributed by atoms with E-state index in [9.17, 15) is 0 Å². The minimum absolute atomic E-state index is 0.405. The van der Waals surface area contributed by atoms with E-state index in [1.807, 2.05) is 0 Å². The van der Waals surface area contributed by atoms with Crippen LogP contribution in [0.15, 0.2) is 0 Å². The van der Waals surface area contributed by atoms with E-state index in [0.717, 1.165) is 0 Å². The third-order valence-electron chi connectivity index (χ3n) is 3.88.